The molecular formula is C18H28O6. The highest BCUT2D eigenvalue weighted by Gasteiger charge is 2.21. The SMILES string of the molecule is O=CC1=CC2OCCOCCOCCOCCOCCCC2C=C1. The number of aldehydes is 1. The number of hydrogen-bond donors (Lipinski definition) is 0. The fraction of sp³-hybridized carbons (Fsp3) is 0.722. The number of carbonyl (C=O) groups excluding carboxylic acids is 1. The Morgan fingerprint density at radius 1 is 0.833 bits per heavy atom. The van der Waals surface area contributed by atoms with E-state index in [0.29, 0.717) is 65.0 Å². The first-order valence-corrected chi connectivity index (χ1v) is 8.68. The average molecular weight is 340 g/mol. The van der Waals surface area contributed by atoms with Crippen LogP contribution in [0.2, 0.25) is 0 Å². The Hall–Kier alpha value is -1.05. The third kappa shape index (κ3) is 7.68. The number of ether oxygens (including phenoxy) is 5. The van der Waals surface area contributed by atoms with Crippen LogP contribution in [0.15, 0.2) is 23.8 Å². The predicted molar refractivity (Wildman–Crippen MR) is 89.0 cm³/mol. The number of fused-ring (bicyclic) bond motifs is 1. The topological polar surface area (TPSA) is 63.2 Å². The standard InChI is InChI=1S/C18H28O6/c19-15-16-3-4-17-2-1-5-20-6-7-21-8-9-22-10-11-23-12-13-24-18(17)14-16/h3-4,14-15,17-18H,1-2,5-13H2. The van der Waals surface area contributed by atoms with Crippen molar-refractivity contribution in [3.05, 3.63) is 23.8 Å². The van der Waals surface area contributed by atoms with Gasteiger partial charge in [0.1, 0.15) is 6.29 Å². The van der Waals surface area contributed by atoms with E-state index in [1.54, 1.807) is 0 Å². The van der Waals surface area contributed by atoms with Crippen LogP contribution in [0, 0.1) is 5.92 Å². The number of allylic oxidation sites excluding steroid dienone is 2. The van der Waals surface area contributed by atoms with Gasteiger partial charge in [-0.2, -0.15) is 0 Å². The molecule has 2 aliphatic rings. The van der Waals surface area contributed by atoms with E-state index in [-0.39, 0.29) is 12.0 Å². The van der Waals surface area contributed by atoms with Crippen molar-refractivity contribution in [2.45, 2.75) is 18.9 Å². The minimum atomic E-state index is -0.0859. The molecule has 0 radical (unpaired) electrons. The van der Waals surface area contributed by atoms with E-state index in [4.69, 9.17) is 23.7 Å². The van der Waals surface area contributed by atoms with Crippen LogP contribution in [-0.2, 0) is 28.5 Å². The van der Waals surface area contributed by atoms with Crippen LogP contribution in [0.4, 0.5) is 0 Å². The van der Waals surface area contributed by atoms with E-state index in [2.05, 4.69) is 6.08 Å². The Kier molecular flexibility index (Phi) is 9.91. The second-order valence-electron chi connectivity index (χ2n) is 5.73. The van der Waals surface area contributed by atoms with Gasteiger partial charge in [0.2, 0.25) is 0 Å². The normalized spacial score (nSPS) is 28.9. The van der Waals surface area contributed by atoms with Crippen LogP contribution in [0.5, 0.6) is 0 Å². The maximum Gasteiger partial charge on any atom is 0.149 e. The molecular weight excluding hydrogens is 312 g/mol. The molecule has 24 heavy (non-hydrogen) atoms. The average Bonchev–Trinajstić information content (AvgIpc) is 2.61. The smallest absolute Gasteiger partial charge is 0.149 e. The molecule has 0 amide bonds. The van der Waals surface area contributed by atoms with Crippen LogP contribution in [0.3, 0.4) is 0 Å². The van der Waals surface area contributed by atoms with Crippen molar-refractivity contribution in [3.8, 4) is 0 Å². The second kappa shape index (κ2) is 12.3. The highest BCUT2D eigenvalue weighted by Crippen LogP contribution is 2.23. The van der Waals surface area contributed by atoms with Gasteiger partial charge in [-0.3, -0.25) is 4.79 Å². The van der Waals surface area contributed by atoms with E-state index < -0.39 is 0 Å². The Bertz CT molecular complexity index is 406. The van der Waals surface area contributed by atoms with E-state index in [1.807, 2.05) is 12.2 Å². The summed E-state index contributed by atoms with van der Waals surface area (Å²) < 4.78 is 27.8. The largest absolute Gasteiger partial charge is 0.379 e. The molecule has 1 fully saturated rings. The summed E-state index contributed by atoms with van der Waals surface area (Å²) in [5.41, 5.74) is 0.668. The van der Waals surface area contributed by atoms with Gasteiger partial charge in [-0.25, -0.2) is 0 Å². The van der Waals surface area contributed by atoms with E-state index in [0.717, 1.165) is 19.1 Å². The van der Waals surface area contributed by atoms with Gasteiger partial charge in [0, 0.05) is 18.1 Å². The first kappa shape index (κ1) is 19.3. The monoisotopic (exact) mass is 340 g/mol. The maximum atomic E-state index is 11.0. The molecule has 0 bridgehead atoms. The molecule has 0 aromatic heterocycles. The minimum absolute atomic E-state index is 0.0859. The van der Waals surface area contributed by atoms with E-state index in [1.165, 1.54) is 0 Å². The lowest BCUT2D eigenvalue weighted by Crippen LogP contribution is -2.26. The first-order valence-electron chi connectivity index (χ1n) is 8.68. The zero-order valence-corrected chi connectivity index (χ0v) is 14.2. The van der Waals surface area contributed by atoms with Crippen LogP contribution >= 0.6 is 0 Å². The summed E-state index contributed by atoms with van der Waals surface area (Å²) >= 11 is 0. The molecule has 2 atom stereocenters. The molecule has 2 unspecified atom stereocenters. The third-order valence-corrected chi connectivity index (χ3v) is 3.93. The van der Waals surface area contributed by atoms with Crippen molar-refractivity contribution in [3.63, 3.8) is 0 Å². The maximum absolute atomic E-state index is 11.0. The molecule has 0 aromatic carbocycles. The predicted octanol–water partition coefficient (Wildman–Crippen LogP) is 1.54. The molecule has 0 aromatic rings. The van der Waals surface area contributed by atoms with Crippen molar-refractivity contribution < 1.29 is 28.5 Å². The van der Waals surface area contributed by atoms with Crippen LogP contribution in [-0.4, -0.2) is 71.9 Å². The van der Waals surface area contributed by atoms with Gasteiger partial charge < -0.3 is 23.7 Å². The van der Waals surface area contributed by atoms with Gasteiger partial charge in [0.05, 0.1) is 59.0 Å². The lowest BCUT2D eigenvalue weighted by molar-refractivity contribution is -0.104. The molecule has 6 heteroatoms. The minimum Gasteiger partial charge on any atom is -0.379 e. The number of carbonyl (C=O) groups is 1. The molecule has 0 spiro atoms. The van der Waals surface area contributed by atoms with Crippen molar-refractivity contribution in [2.24, 2.45) is 5.92 Å². The number of hydrogen-bond acceptors (Lipinski definition) is 6. The Morgan fingerprint density at radius 3 is 2.04 bits per heavy atom. The zero-order chi connectivity index (χ0) is 16.9. The molecule has 2 rings (SSSR count). The fourth-order valence-corrected chi connectivity index (χ4v) is 2.65. The summed E-state index contributed by atoms with van der Waals surface area (Å²) in [5, 5.41) is 0. The molecule has 1 heterocycles. The lowest BCUT2D eigenvalue weighted by Gasteiger charge is -2.25. The summed E-state index contributed by atoms with van der Waals surface area (Å²) in [5.74, 6) is 0.260. The van der Waals surface area contributed by atoms with E-state index in [9.17, 15) is 4.79 Å². The molecule has 0 saturated carbocycles. The third-order valence-electron chi connectivity index (χ3n) is 3.93. The second-order valence-corrected chi connectivity index (χ2v) is 5.73. The van der Waals surface area contributed by atoms with Gasteiger partial charge in [0.25, 0.3) is 0 Å². The summed E-state index contributed by atoms with van der Waals surface area (Å²) in [6.07, 6.45) is 8.50. The highest BCUT2D eigenvalue weighted by molar-refractivity contribution is 5.78. The van der Waals surface area contributed by atoms with Gasteiger partial charge in [-0.15, -0.1) is 0 Å². The van der Waals surface area contributed by atoms with Crippen molar-refractivity contribution in [2.75, 3.05) is 59.5 Å². The molecule has 0 N–H and O–H groups in total. The Labute approximate surface area is 143 Å². The quantitative estimate of drug-likeness (QED) is 0.675. The summed E-state index contributed by atoms with van der Waals surface area (Å²) in [4.78, 5) is 11.0. The van der Waals surface area contributed by atoms with Gasteiger partial charge in [-0.05, 0) is 18.9 Å². The molecule has 1 aliphatic carbocycles. The summed E-state index contributed by atoms with van der Waals surface area (Å²) in [6.45, 7) is 5.11. The molecule has 1 saturated heterocycles. The van der Waals surface area contributed by atoms with Gasteiger partial charge >= 0.3 is 0 Å². The first-order chi connectivity index (χ1) is 11.9. The van der Waals surface area contributed by atoms with E-state index >= 15 is 0 Å². The number of rotatable bonds is 1. The van der Waals surface area contributed by atoms with Gasteiger partial charge in [0.15, 0.2) is 0 Å². The van der Waals surface area contributed by atoms with Gasteiger partial charge in [-0.1, -0.05) is 12.2 Å². The summed E-state index contributed by atoms with van der Waals surface area (Å²) in [7, 11) is 0. The van der Waals surface area contributed by atoms with Crippen LogP contribution < -0.4 is 0 Å². The lowest BCUT2D eigenvalue weighted by atomic mass is 9.90. The van der Waals surface area contributed by atoms with Crippen molar-refractivity contribution >= 4 is 6.29 Å². The Morgan fingerprint density at radius 2 is 1.42 bits per heavy atom. The van der Waals surface area contributed by atoms with Crippen molar-refractivity contribution in [1.82, 2.24) is 0 Å². The Balaban J connectivity index is 1.80. The molecule has 136 valence electrons. The molecule has 6 nitrogen and oxygen atoms in total. The zero-order valence-electron chi connectivity index (χ0n) is 14.2. The molecule has 1 aliphatic heterocycles. The fourth-order valence-electron chi connectivity index (χ4n) is 2.65. The highest BCUT2D eigenvalue weighted by atomic mass is 16.6. The summed E-state index contributed by atoms with van der Waals surface area (Å²) in [6, 6.07) is 0. The van der Waals surface area contributed by atoms with Crippen molar-refractivity contribution in [1.29, 1.82) is 0 Å². The van der Waals surface area contributed by atoms with Crippen LogP contribution in [0.25, 0.3) is 0 Å². The van der Waals surface area contributed by atoms with Crippen LogP contribution in [0.1, 0.15) is 12.8 Å².